The van der Waals surface area contributed by atoms with Gasteiger partial charge in [-0.2, -0.15) is 0 Å². The molecule has 0 aliphatic carbocycles. The molecule has 6 nitrogen and oxygen atoms in total. The average molecular weight is 331 g/mol. The van der Waals surface area contributed by atoms with E-state index in [-0.39, 0.29) is 12.7 Å². The van der Waals surface area contributed by atoms with Crippen LogP contribution in [0.2, 0.25) is 0 Å². The zero-order valence-corrected chi connectivity index (χ0v) is 12.9. The summed E-state index contributed by atoms with van der Waals surface area (Å²) in [6.45, 7) is 2.31. The number of halogens is 1. The van der Waals surface area contributed by atoms with Gasteiger partial charge in [-0.3, -0.25) is 4.79 Å². The van der Waals surface area contributed by atoms with Crippen LogP contribution in [0.25, 0.3) is 0 Å². The van der Waals surface area contributed by atoms with Crippen molar-refractivity contribution in [3.63, 3.8) is 0 Å². The van der Waals surface area contributed by atoms with Gasteiger partial charge in [0.05, 0.1) is 12.7 Å². The summed E-state index contributed by atoms with van der Waals surface area (Å²) in [4.78, 5) is 11.3. The van der Waals surface area contributed by atoms with Gasteiger partial charge in [0.15, 0.2) is 0 Å². The Morgan fingerprint density at radius 1 is 1.50 bits per heavy atom. The van der Waals surface area contributed by atoms with E-state index in [1.165, 1.54) is 19.1 Å². The highest BCUT2D eigenvalue weighted by Crippen LogP contribution is 2.15. The summed E-state index contributed by atoms with van der Waals surface area (Å²) < 4.78 is 49.9. The number of rotatable bonds is 6. The van der Waals surface area contributed by atoms with Crippen LogP contribution in [0, 0.1) is 5.82 Å². The van der Waals surface area contributed by atoms with Crippen LogP contribution in [0.3, 0.4) is 0 Å². The molecule has 0 spiro atoms. The number of carbonyl (C=O) groups excluding carboxylic acids is 1. The molecule has 2 atom stereocenters. The van der Waals surface area contributed by atoms with Gasteiger partial charge in [-0.05, 0) is 31.9 Å². The van der Waals surface area contributed by atoms with Gasteiger partial charge < -0.3 is 9.47 Å². The molecule has 122 valence electrons. The lowest BCUT2D eigenvalue weighted by Gasteiger charge is -2.16. The van der Waals surface area contributed by atoms with Crippen LogP contribution in [0.4, 0.5) is 4.39 Å². The highest BCUT2D eigenvalue weighted by atomic mass is 32.2. The molecule has 1 aliphatic rings. The number of benzene rings is 1. The van der Waals surface area contributed by atoms with Gasteiger partial charge in [0.25, 0.3) is 15.9 Å². The number of hydrogen-bond acceptors (Lipinski definition) is 5. The Labute approximate surface area is 128 Å². The lowest BCUT2D eigenvalue weighted by Crippen LogP contribution is -2.39. The predicted molar refractivity (Wildman–Crippen MR) is 76.1 cm³/mol. The molecule has 0 saturated carbocycles. The molecule has 22 heavy (non-hydrogen) atoms. The van der Waals surface area contributed by atoms with Gasteiger partial charge in [-0.25, -0.2) is 17.5 Å². The second kappa shape index (κ2) is 7.17. The first-order chi connectivity index (χ1) is 10.4. The van der Waals surface area contributed by atoms with E-state index in [4.69, 9.17) is 9.47 Å². The Morgan fingerprint density at radius 3 is 2.86 bits per heavy atom. The standard InChI is InChI=1S/C14H18FNO5S/c1-10(21-9-11-5-4-8-20-11)14(17)16-22(18,19)13-7-3-2-6-12(13)15/h2-3,6-7,10-11H,4-5,8-9H2,1H3,(H,16,17). The fourth-order valence-corrected chi connectivity index (χ4v) is 3.16. The number of hydrogen-bond donors (Lipinski definition) is 1. The van der Waals surface area contributed by atoms with Crippen molar-refractivity contribution in [2.24, 2.45) is 0 Å². The number of amides is 1. The molecule has 1 heterocycles. The van der Waals surface area contributed by atoms with Crippen molar-refractivity contribution in [3.8, 4) is 0 Å². The van der Waals surface area contributed by atoms with Crippen molar-refractivity contribution in [2.45, 2.75) is 36.9 Å². The van der Waals surface area contributed by atoms with E-state index in [1.54, 1.807) is 0 Å². The molecule has 1 amide bonds. The molecule has 0 aromatic heterocycles. The van der Waals surface area contributed by atoms with Crippen LogP contribution in [-0.4, -0.2) is 39.7 Å². The molecule has 1 aliphatic heterocycles. The molecule has 1 aromatic rings. The topological polar surface area (TPSA) is 81.7 Å². The summed E-state index contributed by atoms with van der Waals surface area (Å²) in [5.74, 6) is -1.77. The van der Waals surface area contributed by atoms with Crippen molar-refractivity contribution in [1.29, 1.82) is 0 Å². The van der Waals surface area contributed by atoms with Crippen LogP contribution in [0.1, 0.15) is 19.8 Å². The smallest absolute Gasteiger partial charge is 0.267 e. The SMILES string of the molecule is CC(OCC1CCCO1)C(=O)NS(=O)(=O)c1ccccc1F. The Kier molecular flexibility index (Phi) is 5.49. The Bertz CT molecular complexity index is 628. The molecule has 2 unspecified atom stereocenters. The van der Waals surface area contributed by atoms with Crippen LogP contribution in [-0.2, 0) is 24.3 Å². The molecule has 1 aromatic carbocycles. The fraction of sp³-hybridized carbons (Fsp3) is 0.500. The second-order valence-corrected chi connectivity index (χ2v) is 6.66. The molecule has 1 fully saturated rings. The van der Waals surface area contributed by atoms with Crippen LogP contribution in [0.15, 0.2) is 29.2 Å². The zero-order valence-electron chi connectivity index (χ0n) is 12.1. The Hall–Kier alpha value is -1.51. The van der Waals surface area contributed by atoms with E-state index < -0.39 is 32.7 Å². The van der Waals surface area contributed by atoms with E-state index in [0.717, 1.165) is 25.0 Å². The Balaban J connectivity index is 1.93. The third-order valence-electron chi connectivity index (χ3n) is 3.29. The normalized spacial score (nSPS) is 19.8. The second-order valence-electron chi connectivity index (χ2n) is 5.01. The quantitative estimate of drug-likeness (QED) is 0.847. The number of nitrogens with one attached hydrogen (secondary N) is 1. The monoisotopic (exact) mass is 331 g/mol. The molecule has 0 bridgehead atoms. The van der Waals surface area contributed by atoms with E-state index in [9.17, 15) is 17.6 Å². The van der Waals surface area contributed by atoms with Crippen LogP contribution < -0.4 is 4.72 Å². The molecule has 0 radical (unpaired) electrons. The minimum atomic E-state index is -4.26. The Morgan fingerprint density at radius 2 is 2.23 bits per heavy atom. The summed E-state index contributed by atoms with van der Waals surface area (Å²) in [5.41, 5.74) is 0. The summed E-state index contributed by atoms with van der Waals surface area (Å²) in [6.07, 6.45) is 0.738. The summed E-state index contributed by atoms with van der Waals surface area (Å²) in [5, 5.41) is 0. The number of ether oxygens (including phenoxy) is 2. The predicted octanol–water partition coefficient (Wildman–Crippen LogP) is 1.21. The first-order valence-electron chi connectivity index (χ1n) is 6.94. The van der Waals surface area contributed by atoms with Gasteiger partial charge in [-0.1, -0.05) is 12.1 Å². The van der Waals surface area contributed by atoms with Crippen molar-refractivity contribution in [1.82, 2.24) is 4.72 Å². The molecule has 1 saturated heterocycles. The van der Waals surface area contributed by atoms with E-state index in [2.05, 4.69) is 0 Å². The van der Waals surface area contributed by atoms with Gasteiger partial charge in [0.1, 0.15) is 16.8 Å². The summed E-state index contributed by atoms with van der Waals surface area (Å²) in [7, 11) is -4.26. The van der Waals surface area contributed by atoms with Gasteiger partial charge in [0, 0.05) is 6.61 Å². The van der Waals surface area contributed by atoms with Gasteiger partial charge in [0.2, 0.25) is 0 Å². The van der Waals surface area contributed by atoms with Crippen LogP contribution in [0.5, 0.6) is 0 Å². The highest BCUT2D eigenvalue weighted by molar-refractivity contribution is 7.90. The largest absolute Gasteiger partial charge is 0.376 e. The molecule has 2 rings (SSSR count). The third-order valence-corrected chi connectivity index (χ3v) is 4.67. The summed E-state index contributed by atoms with van der Waals surface area (Å²) >= 11 is 0. The average Bonchev–Trinajstić information content (AvgIpc) is 2.97. The molecule has 1 N–H and O–H groups in total. The number of sulfonamides is 1. The molecular weight excluding hydrogens is 313 g/mol. The lowest BCUT2D eigenvalue weighted by molar-refractivity contribution is -0.131. The minimum Gasteiger partial charge on any atom is -0.376 e. The maximum absolute atomic E-state index is 13.5. The van der Waals surface area contributed by atoms with Gasteiger partial charge in [-0.15, -0.1) is 0 Å². The van der Waals surface area contributed by atoms with E-state index >= 15 is 0 Å². The molecule has 8 heteroatoms. The summed E-state index contributed by atoms with van der Waals surface area (Å²) in [6, 6.07) is 4.84. The van der Waals surface area contributed by atoms with E-state index in [0.29, 0.717) is 6.61 Å². The maximum Gasteiger partial charge on any atom is 0.267 e. The van der Waals surface area contributed by atoms with Crippen molar-refractivity contribution < 1.29 is 27.1 Å². The van der Waals surface area contributed by atoms with Crippen molar-refractivity contribution in [2.75, 3.05) is 13.2 Å². The fourth-order valence-electron chi connectivity index (χ4n) is 2.04. The first kappa shape index (κ1) is 16.9. The highest BCUT2D eigenvalue weighted by Gasteiger charge is 2.25. The minimum absolute atomic E-state index is 0.0709. The van der Waals surface area contributed by atoms with Crippen molar-refractivity contribution >= 4 is 15.9 Å². The molecular formula is C14H18FNO5S. The van der Waals surface area contributed by atoms with E-state index in [1.807, 2.05) is 4.72 Å². The van der Waals surface area contributed by atoms with Crippen molar-refractivity contribution in [3.05, 3.63) is 30.1 Å². The van der Waals surface area contributed by atoms with Gasteiger partial charge >= 0.3 is 0 Å². The lowest BCUT2D eigenvalue weighted by atomic mass is 10.2. The number of carbonyl (C=O) groups is 1. The third kappa shape index (κ3) is 4.25. The first-order valence-corrected chi connectivity index (χ1v) is 8.43. The zero-order chi connectivity index (χ0) is 16.2. The maximum atomic E-state index is 13.5. The van der Waals surface area contributed by atoms with Crippen LogP contribution >= 0.6 is 0 Å².